The van der Waals surface area contributed by atoms with E-state index in [2.05, 4.69) is 225 Å². The molecule has 1 atom stereocenters. The highest BCUT2D eigenvalue weighted by Gasteiger charge is 2.39. The summed E-state index contributed by atoms with van der Waals surface area (Å²) in [4.78, 5) is 4.88. The Morgan fingerprint density at radius 3 is 1.60 bits per heavy atom. The van der Waals surface area contributed by atoms with Crippen molar-refractivity contribution in [3.63, 3.8) is 0 Å². The molecule has 2 nitrogen and oxygen atoms in total. The molecule has 8 aromatic carbocycles. The maximum Gasteiger partial charge on any atom is 0.0540 e. The van der Waals surface area contributed by atoms with Crippen LogP contribution in [-0.4, -0.2) is 0 Å². The summed E-state index contributed by atoms with van der Waals surface area (Å²) in [6, 6.07) is 66.8. The lowest BCUT2D eigenvalue weighted by atomic mass is 9.80. The van der Waals surface area contributed by atoms with Crippen LogP contribution in [0.25, 0.3) is 38.2 Å². The van der Waals surface area contributed by atoms with E-state index in [1.165, 1.54) is 61.4 Å². The van der Waals surface area contributed by atoms with E-state index in [9.17, 15) is 0 Å². The lowest BCUT2D eigenvalue weighted by molar-refractivity contribution is 0.650. The van der Waals surface area contributed by atoms with Gasteiger partial charge < -0.3 is 9.80 Å². The molecule has 0 saturated carbocycles. The minimum absolute atomic E-state index is 0.0890. The lowest BCUT2D eigenvalue weighted by Crippen LogP contribution is -2.16. The molecule has 0 saturated heterocycles. The van der Waals surface area contributed by atoms with Crippen LogP contribution in [0.15, 0.2) is 200 Å². The van der Waals surface area contributed by atoms with Crippen LogP contribution >= 0.6 is 0 Å². The van der Waals surface area contributed by atoms with Crippen molar-refractivity contribution >= 4 is 61.2 Å². The van der Waals surface area contributed by atoms with E-state index in [0.717, 1.165) is 40.5 Å². The summed E-state index contributed by atoms with van der Waals surface area (Å²) in [5.41, 5.74) is 14.8. The second-order valence-corrected chi connectivity index (χ2v) is 16.2. The molecule has 2 aliphatic rings. The van der Waals surface area contributed by atoms with Crippen molar-refractivity contribution in [2.24, 2.45) is 5.92 Å². The SMILES string of the molecule is CC1CCC=CC2=C1c1ccc(-c3cc(N(c4ccccc4)c4cccc5ccccc45)cc(N(c4ccccc4)c4cccc5ccccc45)c3)cc1C2(C)C. The molecule has 57 heavy (non-hydrogen) atoms. The Bertz CT molecular complexity index is 2690. The third-order valence-electron chi connectivity index (χ3n) is 12.3. The van der Waals surface area contributed by atoms with Gasteiger partial charge in [0.15, 0.2) is 0 Å². The quantitative estimate of drug-likeness (QED) is 0.161. The molecule has 0 fully saturated rings. The zero-order valence-corrected chi connectivity index (χ0v) is 32.9. The number of benzene rings is 8. The van der Waals surface area contributed by atoms with Crippen molar-refractivity contribution in [2.75, 3.05) is 9.80 Å². The first-order valence-electron chi connectivity index (χ1n) is 20.3. The fraction of sp³-hybridized carbons (Fsp3) is 0.127. The highest BCUT2D eigenvalue weighted by molar-refractivity contribution is 6.02. The molecule has 0 amide bonds. The molecule has 2 aliphatic carbocycles. The Hall–Kier alpha value is -6.64. The van der Waals surface area contributed by atoms with Gasteiger partial charge in [-0.15, -0.1) is 0 Å². The number of anilines is 6. The van der Waals surface area contributed by atoms with Gasteiger partial charge in [0, 0.05) is 38.9 Å². The lowest BCUT2D eigenvalue weighted by Gasteiger charge is -2.31. The van der Waals surface area contributed by atoms with Crippen LogP contribution in [-0.2, 0) is 5.41 Å². The molecule has 0 bridgehead atoms. The van der Waals surface area contributed by atoms with Crippen LogP contribution in [0.4, 0.5) is 34.1 Å². The van der Waals surface area contributed by atoms with Crippen molar-refractivity contribution in [1.29, 1.82) is 0 Å². The van der Waals surface area contributed by atoms with E-state index >= 15 is 0 Å². The molecule has 0 heterocycles. The van der Waals surface area contributed by atoms with Gasteiger partial charge in [-0.1, -0.05) is 154 Å². The fourth-order valence-corrected chi connectivity index (χ4v) is 9.46. The number of hydrogen-bond donors (Lipinski definition) is 0. The normalized spacial score (nSPS) is 15.7. The summed E-state index contributed by atoms with van der Waals surface area (Å²) in [5.74, 6) is 0.525. The van der Waals surface area contributed by atoms with E-state index in [-0.39, 0.29) is 5.41 Å². The Balaban J connectivity index is 1.25. The van der Waals surface area contributed by atoms with Gasteiger partial charge in [0.1, 0.15) is 0 Å². The number of rotatable bonds is 7. The standard InChI is InChI=1S/C55H46N2/c1-38-18-10-15-29-50-54(38)49-33-32-41(36-51(49)55(50,2)3)42-34-45(56(43-23-6-4-7-24-43)52-30-16-21-39-19-11-13-27-47(39)52)37-46(35-42)57(44-25-8-5-9-26-44)53-31-17-22-40-20-12-14-28-48(40)53/h4-9,11-17,19-38H,10,18H2,1-3H3. The highest BCUT2D eigenvalue weighted by atomic mass is 15.2. The Morgan fingerprint density at radius 2 is 1.02 bits per heavy atom. The third kappa shape index (κ3) is 6.04. The predicted molar refractivity (Wildman–Crippen MR) is 244 cm³/mol. The first kappa shape index (κ1) is 34.8. The molecule has 276 valence electrons. The van der Waals surface area contributed by atoms with Crippen molar-refractivity contribution in [2.45, 2.75) is 39.0 Å². The van der Waals surface area contributed by atoms with Gasteiger partial charge in [-0.2, -0.15) is 0 Å². The monoisotopic (exact) mass is 734 g/mol. The minimum atomic E-state index is -0.0890. The van der Waals surface area contributed by atoms with Gasteiger partial charge in [0.05, 0.1) is 11.4 Å². The average Bonchev–Trinajstić information content (AvgIpc) is 3.33. The first-order valence-corrected chi connectivity index (χ1v) is 20.3. The number of fused-ring (bicyclic) bond motifs is 4. The van der Waals surface area contributed by atoms with E-state index in [1.54, 1.807) is 0 Å². The summed E-state index contributed by atoms with van der Waals surface area (Å²) in [5, 5.41) is 4.84. The van der Waals surface area contributed by atoms with E-state index in [1.807, 2.05) is 0 Å². The molecular weight excluding hydrogens is 689 g/mol. The van der Waals surface area contributed by atoms with Crippen LogP contribution in [0, 0.1) is 5.92 Å². The van der Waals surface area contributed by atoms with E-state index < -0.39 is 0 Å². The summed E-state index contributed by atoms with van der Waals surface area (Å²) >= 11 is 0. The topological polar surface area (TPSA) is 6.48 Å². The first-order chi connectivity index (χ1) is 28.0. The average molecular weight is 735 g/mol. The predicted octanol–water partition coefficient (Wildman–Crippen LogP) is 15.6. The second kappa shape index (κ2) is 14.1. The maximum absolute atomic E-state index is 2.49. The van der Waals surface area contributed by atoms with Crippen molar-refractivity contribution in [1.82, 2.24) is 0 Å². The van der Waals surface area contributed by atoms with Gasteiger partial charge in [0.25, 0.3) is 0 Å². The maximum atomic E-state index is 2.49. The molecule has 0 aromatic heterocycles. The van der Waals surface area contributed by atoms with Crippen molar-refractivity contribution < 1.29 is 0 Å². The molecule has 0 spiro atoms. The van der Waals surface area contributed by atoms with Crippen LogP contribution < -0.4 is 9.80 Å². The van der Waals surface area contributed by atoms with E-state index in [4.69, 9.17) is 0 Å². The number of hydrogen-bond acceptors (Lipinski definition) is 2. The second-order valence-electron chi connectivity index (χ2n) is 16.2. The van der Waals surface area contributed by atoms with Gasteiger partial charge >= 0.3 is 0 Å². The summed E-state index contributed by atoms with van der Waals surface area (Å²) in [7, 11) is 0. The van der Waals surface area contributed by atoms with E-state index in [0.29, 0.717) is 5.92 Å². The van der Waals surface area contributed by atoms with Crippen LogP contribution in [0.5, 0.6) is 0 Å². The van der Waals surface area contributed by atoms with Gasteiger partial charge in [-0.3, -0.25) is 0 Å². The van der Waals surface area contributed by atoms with Crippen LogP contribution in [0.3, 0.4) is 0 Å². The summed E-state index contributed by atoms with van der Waals surface area (Å²) < 4.78 is 0. The van der Waals surface area contributed by atoms with Gasteiger partial charge in [0.2, 0.25) is 0 Å². The highest BCUT2D eigenvalue weighted by Crippen LogP contribution is 2.53. The zero-order chi connectivity index (χ0) is 38.5. The van der Waals surface area contributed by atoms with Crippen LogP contribution in [0.1, 0.15) is 44.7 Å². The molecule has 8 aromatic rings. The summed E-state index contributed by atoms with van der Waals surface area (Å²) in [6.07, 6.45) is 7.13. The number of nitrogens with zero attached hydrogens (tertiary/aromatic N) is 2. The van der Waals surface area contributed by atoms with Crippen LogP contribution in [0.2, 0.25) is 0 Å². The molecule has 0 aliphatic heterocycles. The molecule has 0 radical (unpaired) electrons. The molecular formula is C55H46N2. The smallest absolute Gasteiger partial charge is 0.0540 e. The Labute approximate surface area is 336 Å². The van der Waals surface area contributed by atoms with Crippen molar-refractivity contribution in [3.05, 3.63) is 211 Å². The largest absolute Gasteiger partial charge is 0.310 e. The minimum Gasteiger partial charge on any atom is -0.310 e. The Kier molecular flexibility index (Phi) is 8.64. The number of para-hydroxylation sites is 2. The van der Waals surface area contributed by atoms with Gasteiger partial charge in [-0.05, 0) is 124 Å². The fourth-order valence-electron chi connectivity index (χ4n) is 9.46. The Morgan fingerprint density at radius 1 is 0.491 bits per heavy atom. The number of allylic oxidation sites excluding steroid dienone is 4. The third-order valence-corrected chi connectivity index (χ3v) is 12.3. The molecule has 10 rings (SSSR count). The van der Waals surface area contributed by atoms with Crippen molar-refractivity contribution in [3.8, 4) is 11.1 Å². The van der Waals surface area contributed by atoms with Gasteiger partial charge in [-0.25, -0.2) is 0 Å². The zero-order valence-electron chi connectivity index (χ0n) is 32.9. The molecule has 2 heteroatoms. The molecule has 0 N–H and O–H groups in total. The summed E-state index contributed by atoms with van der Waals surface area (Å²) in [6.45, 7) is 7.24. The molecule has 1 unspecified atom stereocenters.